The van der Waals surface area contributed by atoms with Gasteiger partial charge in [0.25, 0.3) is 0 Å². The summed E-state index contributed by atoms with van der Waals surface area (Å²) in [5.41, 5.74) is 0. The molecule has 1 rings (SSSR count). The van der Waals surface area contributed by atoms with Crippen molar-refractivity contribution in [3.05, 3.63) is 18.7 Å². The van der Waals surface area contributed by atoms with Crippen LogP contribution in [-0.4, -0.2) is 59.5 Å². The fourth-order valence-corrected chi connectivity index (χ4v) is 1.64. The van der Waals surface area contributed by atoms with Crippen LogP contribution in [-0.2, 0) is 11.3 Å². The van der Waals surface area contributed by atoms with Crippen LogP contribution in [0.25, 0.3) is 0 Å². The Kier molecular flexibility index (Phi) is 6.07. The van der Waals surface area contributed by atoms with Gasteiger partial charge in [0.1, 0.15) is 0 Å². The molecule has 92 valence electrons. The second-order valence-corrected chi connectivity index (χ2v) is 4.03. The van der Waals surface area contributed by atoms with Gasteiger partial charge in [0, 0.05) is 32.6 Å². The Morgan fingerprint density at radius 2 is 2.38 bits per heavy atom. The van der Waals surface area contributed by atoms with E-state index in [2.05, 4.69) is 14.5 Å². The van der Waals surface area contributed by atoms with Gasteiger partial charge in [-0.1, -0.05) is 0 Å². The standard InChI is InChI=1S/C11H21N3O2/c1-13(8-11(15)9-16-2)5-3-6-14-7-4-12-10-14/h4,7,10-11,15H,3,5-6,8-9H2,1-2H3. The number of hydrogen-bond acceptors (Lipinski definition) is 4. The summed E-state index contributed by atoms with van der Waals surface area (Å²) in [6.45, 7) is 2.97. The van der Waals surface area contributed by atoms with Gasteiger partial charge in [-0.15, -0.1) is 0 Å². The molecule has 0 saturated heterocycles. The molecular formula is C11H21N3O2. The second-order valence-electron chi connectivity index (χ2n) is 4.03. The monoisotopic (exact) mass is 227 g/mol. The molecule has 5 heteroatoms. The zero-order valence-electron chi connectivity index (χ0n) is 10.0. The molecule has 1 unspecified atom stereocenters. The van der Waals surface area contributed by atoms with Gasteiger partial charge < -0.3 is 19.3 Å². The van der Waals surface area contributed by atoms with Gasteiger partial charge in [-0.25, -0.2) is 4.98 Å². The smallest absolute Gasteiger partial charge is 0.0945 e. The third-order valence-corrected chi connectivity index (χ3v) is 2.40. The van der Waals surface area contributed by atoms with Crippen molar-refractivity contribution in [3.63, 3.8) is 0 Å². The first-order valence-corrected chi connectivity index (χ1v) is 5.53. The predicted octanol–water partition coefficient (Wildman–Crippen LogP) is 0.212. The second kappa shape index (κ2) is 7.38. The number of hydrogen-bond donors (Lipinski definition) is 1. The van der Waals surface area contributed by atoms with Gasteiger partial charge >= 0.3 is 0 Å². The van der Waals surface area contributed by atoms with Crippen LogP contribution in [0.4, 0.5) is 0 Å². The number of aliphatic hydroxyl groups is 1. The molecule has 1 heterocycles. The van der Waals surface area contributed by atoms with Gasteiger partial charge in [0.05, 0.1) is 19.0 Å². The number of methoxy groups -OCH3 is 1. The Labute approximate surface area is 96.7 Å². The lowest BCUT2D eigenvalue weighted by Gasteiger charge is -2.19. The van der Waals surface area contributed by atoms with Crippen molar-refractivity contribution in [2.45, 2.75) is 19.1 Å². The van der Waals surface area contributed by atoms with Crippen molar-refractivity contribution >= 4 is 0 Å². The van der Waals surface area contributed by atoms with Crippen LogP contribution in [0.5, 0.6) is 0 Å². The topological polar surface area (TPSA) is 50.5 Å². The number of aryl methyl sites for hydroxylation is 1. The minimum atomic E-state index is -0.400. The number of nitrogens with zero attached hydrogens (tertiary/aromatic N) is 3. The van der Waals surface area contributed by atoms with Gasteiger partial charge in [-0.3, -0.25) is 0 Å². The van der Waals surface area contributed by atoms with E-state index in [9.17, 15) is 5.11 Å². The first-order chi connectivity index (χ1) is 7.72. The molecule has 1 atom stereocenters. The Bertz CT molecular complexity index is 264. The van der Waals surface area contributed by atoms with Crippen molar-refractivity contribution in [2.24, 2.45) is 0 Å². The summed E-state index contributed by atoms with van der Waals surface area (Å²) >= 11 is 0. The summed E-state index contributed by atoms with van der Waals surface area (Å²) in [6.07, 6.45) is 6.21. The van der Waals surface area contributed by atoms with Crippen molar-refractivity contribution in [1.29, 1.82) is 0 Å². The van der Waals surface area contributed by atoms with E-state index >= 15 is 0 Å². The number of ether oxygens (including phenoxy) is 1. The van der Waals surface area contributed by atoms with E-state index in [0.29, 0.717) is 13.2 Å². The number of likely N-dealkylation sites (N-methyl/N-ethyl adjacent to an activating group) is 1. The number of aromatic nitrogens is 2. The van der Waals surface area contributed by atoms with Gasteiger partial charge in [0.2, 0.25) is 0 Å². The predicted molar refractivity (Wildman–Crippen MR) is 62.2 cm³/mol. The molecule has 0 aliphatic heterocycles. The highest BCUT2D eigenvalue weighted by molar-refractivity contribution is 4.74. The number of rotatable bonds is 8. The fourth-order valence-electron chi connectivity index (χ4n) is 1.64. The third-order valence-electron chi connectivity index (χ3n) is 2.40. The van der Waals surface area contributed by atoms with E-state index in [1.807, 2.05) is 19.6 Å². The van der Waals surface area contributed by atoms with E-state index in [-0.39, 0.29) is 0 Å². The molecule has 0 aliphatic rings. The summed E-state index contributed by atoms with van der Waals surface area (Å²) in [7, 11) is 3.61. The van der Waals surface area contributed by atoms with Gasteiger partial charge in [-0.2, -0.15) is 0 Å². The Hall–Kier alpha value is -0.910. The lowest BCUT2D eigenvalue weighted by molar-refractivity contribution is 0.0429. The highest BCUT2D eigenvalue weighted by Crippen LogP contribution is 1.95. The lowest BCUT2D eigenvalue weighted by atomic mass is 10.3. The minimum Gasteiger partial charge on any atom is -0.389 e. The zero-order chi connectivity index (χ0) is 11.8. The molecule has 0 aromatic carbocycles. The SMILES string of the molecule is COCC(O)CN(C)CCCn1ccnc1. The van der Waals surface area contributed by atoms with E-state index in [0.717, 1.165) is 19.5 Å². The van der Waals surface area contributed by atoms with Crippen molar-refractivity contribution in [3.8, 4) is 0 Å². The summed E-state index contributed by atoms with van der Waals surface area (Å²) < 4.78 is 6.93. The normalized spacial score (nSPS) is 13.2. The summed E-state index contributed by atoms with van der Waals surface area (Å²) in [5.74, 6) is 0. The van der Waals surface area contributed by atoms with Crippen molar-refractivity contribution in [2.75, 3.05) is 33.9 Å². The van der Waals surface area contributed by atoms with Crippen LogP contribution < -0.4 is 0 Å². The molecule has 5 nitrogen and oxygen atoms in total. The quantitative estimate of drug-likeness (QED) is 0.690. The molecule has 0 radical (unpaired) electrons. The van der Waals surface area contributed by atoms with Crippen LogP contribution in [0.2, 0.25) is 0 Å². The highest BCUT2D eigenvalue weighted by Gasteiger charge is 2.07. The largest absolute Gasteiger partial charge is 0.389 e. The summed E-state index contributed by atoms with van der Waals surface area (Å²) in [4.78, 5) is 6.10. The average Bonchev–Trinajstić information content (AvgIpc) is 2.70. The first-order valence-electron chi connectivity index (χ1n) is 5.53. The number of imidazole rings is 1. The zero-order valence-corrected chi connectivity index (χ0v) is 10.0. The van der Waals surface area contributed by atoms with Crippen LogP contribution in [0.15, 0.2) is 18.7 Å². The highest BCUT2D eigenvalue weighted by atomic mass is 16.5. The maximum Gasteiger partial charge on any atom is 0.0945 e. The molecule has 1 aromatic rings. The maximum absolute atomic E-state index is 9.52. The fraction of sp³-hybridized carbons (Fsp3) is 0.727. The maximum atomic E-state index is 9.52. The molecule has 0 bridgehead atoms. The van der Waals surface area contributed by atoms with Crippen molar-refractivity contribution in [1.82, 2.24) is 14.5 Å². The molecule has 0 aliphatic carbocycles. The molecule has 0 spiro atoms. The Morgan fingerprint density at radius 3 is 3.00 bits per heavy atom. The Morgan fingerprint density at radius 1 is 1.56 bits per heavy atom. The minimum absolute atomic E-state index is 0.395. The number of aliphatic hydroxyl groups excluding tert-OH is 1. The molecule has 16 heavy (non-hydrogen) atoms. The van der Waals surface area contributed by atoms with E-state index in [1.54, 1.807) is 13.3 Å². The molecule has 1 aromatic heterocycles. The van der Waals surface area contributed by atoms with E-state index in [1.165, 1.54) is 0 Å². The molecule has 0 saturated carbocycles. The Balaban J connectivity index is 2.08. The molecule has 0 fully saturated rings. The van der Waals surface area contributed by atoms with Crippen molar-refractivity contribution < 1.29 is 9.84 Å². The van der Waals surface area contributed by atoms with Crippen LogP contribution in [0, 0.1) is 0 Å². The first kappa shape index (κ1) is 13.2. The van der Waals surface area contributed by atoms with E-state index in [4.69, 9.17) is 4.74 Å². The lowest BCUT2D eigenvalue weighted by Crippen LogP contribution is -2.32. The van der Waals surface area contributed by atoms with Gasteiger partial charge in [0.15, 0.2) is 0 Å². The summed E-state index contributed by atoms with van der Waals surface area (Å²) in [5, 5.41) is 9.52. The summed E-state index contributed by atoms with van der Waals surface area (Å²) in [6, 6.07) is 0. The third kappa shape index (κ3) is 5.25. The van der Waals surface area contributed by atoms with Crippen LogP contribution in [0.1, 0.15) is 6.42 Å². The molecule has 1 N–H and O–H groups in total. The van der Waals surface area contributed by atoms with Gasteiger partial charge in [-0.05, 0) is 20.0 Å². The van der Waals surface area contributed by atoms with E-state index < -0.39 is 6.10 Å². The molecule has 0 amide bonds. The van der Waals surface area contributed by atoms with Crippen LogP contribution in [0.3, 0.4) is 0 Å². The van der Waals surface area contributed by atoms with Crippen LogP contribution >= 0.6 is 0 Å². The average molecular weight is 227 g/mol. The molecular weight excluding hydrogens is 206 g/mol.